The molecule has 2 saturated carbocycles. The van der Waals surface area contributed by atoms with E-state index in [1.54, 1.807) is 6.92 Å². The number of fused-ring (bicyclic) bond motifs is 1. The fraction of sp³-hybridized carbons (Fsp3) is 0.417. The molecule has 0 aromatic heterocycles. The third-order valence-electron chi connectivity index (χ3n) is 5.94. The molecule has 2 aromatic carbocycles. The Labute approximate surface area is 180 Å². The minimum atomic E-state index is -0.623. The summed E-state index contributed by atoms with van der Waals surface area (Å²) in [6.45, 7) is 2.25. The van der Waals surface area contributed by atoms with Gasteiger partial charge in [0.1, 0.15) is 17.9 Å². The van der Waals surface area contributed by atoms with E-state index in [0.717, 1.165) is 11.6 Å². The lowest BCUT2D eigenvalue weighted by atomic mass is 10.1. The Morgan fingerprint density at radius 3 is 2.39 bits per heavy atom. The van der Waals surface area contributed by atoms with Gasteiger partial charge in [0, 0.05) is 12.1 Å². The smallest absolute Gasteiger partial charge is 0.342 e. The molecule has 2 aromatic rings. The summed E-state index contributed by atoms with van der Waals surface area (Å²) >= 11 is 0. The Balaban J connectivity index is 1.41. The van der Waals surface area contributed by atoms with Gasteiger partial charge in [-0.25, -0.2) is 9.18 Å². The standard InChI is InChI=1S/C24H25FO6/c1-3-29-24(27)22-16-9-15(10-17(16)22)31-21-11-18(20(28-2)12-19(21)25)23(26)30-13-14-7-5-4-6-8-14/h4-8,11-12,15-17,22H,3,9-10,13H2,1-2H3/t15-,16-,17+,22+. The number of hydrogen-bond acceptors (Lipinski definition) is 6. The van der Waals surface area contributed by atoms with Gasteiger partial charge in [0.25, 0.3) is 0 Å². The summed E-state index contributed by atoms with van der Waals surface area (Å²) in [7, 11) is 1.36. The second-order valence-electron chi connectivity index (χ2n) is 7.86. The van der Waals surface area contributed by atoms with E-state index >= 15 is 0 Å². The first-order valence-corrected chi connectivity index (χ1v) is 10.4. The first-order chi connectivity index (χ1) is 15.0. The van der Waals surface area contributed by atoms with Crippen LogP contribution in [0.4, 0.5) is 4.39 Å². The molecule has 0 heterocycles. The fourth-order valence-electron chi connectivity index (χ4n) is 4.41. The summed E-state index contributed by atoms with van der Waals surface area (Å²) in [6.07, 6.45) is 1.11. The molecule has 2 aliphatic rings. The van der Waals surface area contributed by atoms with Crippen molar-refractivity contribution < 1.29 is 32.9 Å². The van der Waals surface area contributed by atoms with Crippen LogP contribution < -0.4 is 9.47 Å². The van der Waals surface area contributed by atoms with Gasteiger partial charge < -0.3 is 18.9 Å². The van der Waals surface area contributed by atoms with Crippen molar-refractivity contribution in [2.45, 2.75) is 32.5 Å². The van der Waals surface area contributed by atoms with Crippen LogP contribution in [0.1, 0.15) is 35.7 Å². The van der Waals surface area contributed by atoms with Crippen LogP contribution in [0.5, 0.6) is 11.5 Å². The van der Waals surface area contributed by atoms with E-state index in [2.05, 4.69) is 0 Å². The Kier molecular flexibility index (Phi) is 6.11. The van der Waals surface area contributed by atoms with Crippen LogP contribution in [-0.4, -0.2) is 31.8 Å². The molecule has 4 rings (SSSR count). The third kappa shape index (κ3) is 4.50. The number of esters is 2. The zero-order valence-corrected chi connectivity index (χ0v) is 17.5. The molecular weight excluding hydrogens is 403 g/mol. The quantitative estimate of drug-likeness (QED) is 0.588. The molecule has 7 heteroatoms. The molecule has 0 N–H and O–H groups in total. The van der Waals surface area contributed by atoms with Gasteiger partial charge in [0.15, 0.2) is 11.6 Å². The van der Waals surface area contributed by atoms with E-state index in [1.807, 2.05) is 30.3 Å². The predicted molar refractivity (Wildman–Crippen MR) is 109 cm³/mol. The first-order valence-electron chi connectivity index (χ1n) is 10.4. The molecule has 0 unspecified atom stereocenters. The number of benzene rings is 2. The molecular formula is C24H25FO6. The summed E-state index contributed by atoms with van der Waals surface area (Å²) in [6, 6.07) is 11.7. The normalized spacial score (nSPS) is 23.6. The Hall–Kier alpha value is -3.09. The molecule has 0 saturated heterocycles. The zero-order chi connectivity index (χ0) is 22.0. The average Bonchev–Trinajstić information content (AvgIpc) is 3.29. The number of carbonyl (C=O) groups excluding carboxylic acids is 2. The van der Waals surface area contributed by atoms with E-state index in [0.29, 0.717) is 19.4 Å². The van der Waals surface area contributed by atoms with Crippen molar-refractivity contribution in [3.8, 4) is 11.5 Å². The van der Waals surface area contributed by atoms with Crippen LogP contribution in [0.3, 0.4) is 0 Å². The Bertz CT molecular complexity index is 948. The average molecular weight is 428 g/mol. The summed E-state index contributed by atoms with van der Waals surface area (Å²) in [5.74, 6) is -0.951. The van der Waals surface area contributed by atoms with Crippen LogP contribution in [0.2, 0.25) is 0 Å². The van der Waals surface area contributed by atoms with Gasteiger partial charge in [-0.3, -0.25) is 4.79 Å². The van der Waals surface area contributed by atoms with Crippen molar-refractivity contribution in [1.82, 2.24) is 0 Å². The number of ether oxygens (including phenoxy) is 4. The molecule has 164 valence electrons. The maximum Gasteiger partial charge on any atom is 0.342 e. The molecule has 4 atom stereocenters. The number of methoxy groups -OCH3 is 1. The third-order valence-corrected chi connectivity index (χ3v) is 5.94. The number of hydrogen-bond donors (Lipinski definition) is 0. The number of rotatable bonds is 8. The summed E-state index contributed by atoms with van der Waals surface area (Å²) in [4.78, 5) is 24.5. The van der Waals surface area contributed by atoms with E-state index in [-0.39, 0.29) is 53.5 Å². The van der Waals surface area contributed by atoms with E-state index in [1.165, 1.54) is 13.2 Å². The SMILES string of the molecule is CCOC(=O)[C@H]1[C@@H]2C[C@@H](Oc3cc(C(=O)OCc4ccccc4)c(OC)cc3F)C[C@@H]21. The lowest BCUT2D eigenvalue weighted by Gasteiger charge is -2.18. The largest absolute Gasteiger partial charge is 0.496 e. The van der Waals surface area contributed by atoms with Crippen LogP contribution in [0, 0.1) is 23.6 Å². The van der Waals surface area contributed by atoms with Crippen molar-refractivity contribution in [2.24, 2.45) is 17.8 Å². The van der Waals surface area contributed by atoms with Gasteiger partial charge in [0.05, 0.1) is 25.7 Å². The van der Waals surface area contributed by atoms with Gasteiger partial charge in [-0.1, -0.05) is 30.3 Å². The minimum Gasteiger partial charge on any atom is -0.496 e. The molecule has 0 amide bonds. The minimum absolute atomic E-state index is 0.0218. The first kappa shape index (κ1) is 21.2. The second-order valence-corrected chi connectivity index (χ2v) is 7.86. The van der Waals surface area contributed by atoms with Crippen molar-refractivity contribution in [3.05, 3.63) is 59.4 Å². The molecule has 6 nitrogen and oxygen atoms in total. The monoisotopic (exact) mass is 428 g/mol. The lowest BCUT2D eigenvalue weighted by Crippen LogP contribution is -2.20. The molecule has 2 fully saturated rings. The van der Waals surface area contributed by atoms with Gasteiger partial charge >= 0.3 is 11.9 Å². The zero-order valence-electron chi connectivity index (χ0n) is 17.5. The topological polar surface area (TPSA) is 71.1 Å². The van der Waals surface area contributed by atoms with Crippen LogP contribution in [0.15, 0.2) is 42.5 Å². The van der Waals surface area contributed by atoms with Crippen molar-refractivity contribution >= 4 is 11.9 Å². The summed E-state index contributed by atoms with van der Waals surface area (Å²) < 4.78 is 36.0. The molecule has 0 aliphatic heterocycles. The van der Waals surface area contributed by atoms with Gasteiger partial charge in [-0.15, -0.1) is 0 Å². The van der Waals surface area contributed by atoms with E-state index in [4.69, 9.17) is 18.9 Å². The van der Waals surface area contributed by atoms with Crippen LogP contribution in [-0.2, 0) is 20.9 Å². The van der Waals surface area contributed by atoms with Crippen LogP contribution >= 0.6 is 0 Å². The van der Waals surface area contributed by atoms with E-state index < -0.39 is 11.8 Å². The molecule has 31 heavy (non-hydrogen) atoms. The predicted octanol–water partition coefficient (Wildman–Crippen LogP) is 4.16. The highest BCUT2D eigenvalue weighted by molar-refractivity contribution is 5.93. The van der Waals surface area contributed by atoms with Gasteiger partial charge in [-0.05, 0) is 37.2 Å². The number of carbonyl (C=O) groups is 2. The van der Waals surface area contributed by atoms with Crippen molar-refractivity contribution in [2.75, 3.05) is 13.7 Å². The second kappa shape index (κ2) is 8.96. The maximum absolute atomic E-state index is 14.6. The lowest BCUT2D eigenvalue weighted by molar-refractivity contribution is -0.145. The summed E-state index contributed by atoms with van der Waals surface area (Å²) in [5, 5.41) is 0. The molecule has 2 aliphatic carbocycles. The molecule has 0 radical (unpaired) electrons. The van der Waals surface area contributed by atoms with E-state index in [9.17, 15) is 14.0 Å². The van der Waals surface area contributed by atoms with Gasteiger partial charge in [0.2, 0.25) is 0 Å². The maximum atomic E-state index is 14.6. The van der Waals surface area contributed by atoms with Gasteiger partial charge in [-0.2, -0.15) is 0 Å². The van der Waals surface area contributed by atoms with Crippen molar-refractivity contribution in [1.29, 1.82) is 0 Å². The van der Waals surface area contributed by atoms with Crippen molar-refractivity contribution in [3.63, 3.8) is 0 Å². The Morgan fingerprint density at radius 2 is 1.74 bits per heavy atom. The molecule has 0 bridgehead atoms. The molecule has 0 spiro atoms. The highest BCUT2D eigenvalue weighted by Gasteiger charge is 2.61. The highest BCUT2D eigenvalue weighted by Crippen LogP contribution is 2.58. The fourth-order valence-corrected chi connectivity index (χ4v) is 4.41. The Morgan fingerprint density at radius 1 is 1.03 bits per heavy atom. The highest BCUT2D eigenvalue weighted by atomic mass is 19.1. The number of halogens is 1. The van der Waals surface area contributed by atoms with Crippen LogP contribution in [0.25, 0.3) is 0 Å². The summed E-state index contributed by atoms with van der Waals surface area (Å²) in [5.41, 5.74) is 0.942.